The SMILES string of the molecule is CCCCCC(C)CC(=O)c1nc(-c2ccccn2)[nH]c(=O)c1O. The van der Waals surface area contributed by atoms with Gasteiger partial charge in [-0.05, 0) is 18.1 Å². The Morgan fingerprint density at radius 1 is 1.33 bits per heavy atom. The van der Waals surface area contributed by atoms with Crippen LogP contribution in [-0.4, -0.2) is 25.8 Å². The summed E-state index contributed by atoms with van der Waals surface area (Å²) in [4.78, 5) is 35.0. The average Bonchev–Trinajstić information content (AvgIpc) is 2.58. The van der Waals surface area contributed by atoms with Crippen LogP contribution in [-0.2, 0) is 0 Å². The molecule has 0 bridgehead atoms. The van der Waals surface area contributed by atoms with E-state index >= 15 is 0 Å². The molecule has 6 nitrogen and oxygen atoms in total. The molecule has 0 aromatic carbocycles. The van der Waals surface area contributed by atoms with E-state index in [4.69, 9.17) is 0 Å². The Morgan fingerprint density at radius 2 is 2.12 bits per heavy atom. The lowest BCUT2D eigenvalue weighted by atomic mass is 9.96. The normalized spacial score (nSPS) is 12.1. The summed E-state index contributed by atoms with van der Waals surface area (Å²) >= 11 is 0. The number of aromatic nitrogens is 3. The van der Waals surface area contributed by atoms with Crippen LogP contribution < -0.4 is 5.56 Å². The second-order valence-electron chi connectivity index (χ2n) is 6.05. The number of hydrogen-bond donors (Lipinski definition) is 2. The minimum Gasteiger partial charge on any atom is -0.501 e. The van der Waals surface area contributed by atoms with Gasteiger partial charge in [-0.3, -0.25) is 14.6 Å². The summed E-state index contributed by atoms with van der Waals surface area (Å²) in [5.74, 6) is -0.580. The molecule has 0 aliphatic rings. The van der Waals surface area contributed by atoms with Crippen molar-refractivity contribution in [1.82, 2.24) is 15.0 Å². The number of nitrogens with one attached hydrogen (secondary N) is 1. The first-order valence-corrected chi connectivity index (χ1v) is 8.30. The fraction of sp³-hybridized carbons (Fsp3) is 0.444. The molecule has 0 saturated carbocycles. The first-order valence-electron chi connectivity index (χ1n) is 8.30. The summed E-state index contributed by atoms with van der Waals surface area (Å²) < 4.78 is 0. The Labute approximate surface area is 141 Å². The molecular formula is C18H23N3O3. The Morgan fingerprint density at radius 3 is 2.79 bits per heavy atom. The smallest absolute Gasteiger partial charge is 0.294 e. The van der Waals surface area contributed by atoms with E-state index in [9.17, 15) is 14.7 Å². The molecule has 6 heteroatoms. The van der Waals surface area contributed by atoms with Crippen molar-refractivity contribution in [2.45, 2.75) is 46.0 Å². The van der Waals surface area contributed by atoms with E-state index in [1.165, 1.54) is 0 Å². The number of aromatic hydroxyl groups is 1. The van der Waals surface area contributed by atoms with Gasteiger partial charge in [-0.25, -0.2) is 4.98 Å². The summed E-state index contributed by atoms with van der Waals surface area (Å²) in [5, 5.41) is 9.92. The van der Waals surface area contributed by atoms with Crippen LogP contribution in [0.3, 0.4) is 0 Å². The molecule has 128 valence electrons. The summed E-state index contributed by atoms with van der Waals surface area (Å²) in [6.07, 6.45) is 6.10. The van der Waals surface area contributed by atoms with Crippen molar-refractivity contribution in [1.29, 1.82) is 0 Å². The predicted molar refractivity (Wildman–Crippen MR) is 92.0 cm³/mol. The highest BCUT2D eigenvalue weighted by molar-refractivity contribution is 5.97. The standard InChI is InChI=1S/C18H23N3O3/c1-3-4-5-8-12(2)11-14(22)15-16(23)18(24)21-17(20-15)13-9-6-7-10-19-13/h6-7,9-10,12,23H,3-5,8,11H2,1-2H3,(H,20,21,24). The van der Waals surface area contributed by atoms with Crippen molar-refractivity contribution in [2.24, 2.45) is 5.92 Å². The van der Waals surface area contributed by atoms with Crippen LogP contribution in [0.1, 0.15) is 56.4 Å². The van der Waals surface area contributed by atoms with Gasteiger partial charge in [0, 0.05) is 12.6 Å². The topological polar surface area (TPSA) is 95.9 Å². The molecule has 2 heterocycles. The van der Waals surface area contributed by atoms with Crippen LogP contribution in [0.25, 0.3) is 11.5 Å². The van der Waals surface area contributed by atoms with Crippen molar-refractivity contribution in [3.8, 4) is 17.3 Å². The van der Waals surface area contributed by atoms with E-state index in [-0.39, 0.29) is 29.6 Å². The van der Waals surface area contributed by atoms with Crippen LogP contribution >= 0.6 is 0 Å². The van der Waals surface area contributed by atoms with Gasteiger partial charge in [0.25, 0.3) is 5.56 Å². The summed E-state index contributed by atoms with van der Waals surface area (Å²) in [6, 6.07) is 5.18. The lowest BCUT2D eigenvalue weighted by molar-refractivity contribution is 0.0954. The van der Waals surface area contributed by atoms with Gasteiger partial charge in [0.05, 0.1) is 0 Å². The van der Waals surface area contributed by atoms with Crippen molar-refractivity contribution in [3.63, 3.8) is 0 Å². The number of ketones is 1. The molecule has 2 rings (SSSR count). The Bertz CT molecular complexity index is 741. The third-order valence-corrected chi connectivity index (χ3v) is 3.90. The molecule has 0 spiro atoms. The maximum atomic E-state index is 12.4. The molecule has 0 radical (unpaired) electrons. The highest BCUT2D eigenvalue weighted by Gasteiger charge is 2.20. The zero-order valence-corrected chi connectivity index (χ0v) is 14.1. The summed E-state index contributed by atoms with van der Waals surface area (Å²) in [7, 11) is 0. The van der Waals surface area contributed by atoms with E-state index in [1.54, 1.807) is 24.4 Å². The lowest BCUT2D eigenvalue weighted by Gasteiger charge is -2.11. The zero-order valence-electron chi connectivity index (χ0n) is 14.1. The van der Waals surface area contributed by atoms with Crippen molar-refractivity contribution < 1.29 is 9.90 Å². The Balaban J connectivity index is 2.21. The minimum absolute atomic E-state index is 0.179. The number of aromatic amines is 1. The summed E-state index contributed by atoms with van der Waals surface area (Å²) in [6.45, 7) is 4.13. The van der Waals surface area contributed by atoms with Crippen LogP contribution in [0, 0.1) is 5.92 Å². The van der Waals surface area contributed by atoms with E-state index in [0.29, 0.717) is 5.69 Å². The quantitative estimate of drug-likeness (QED) is 0.572. The first kappa shape index (κ1) is 17.8. The largest absolute Gasteiger partial charge is 0.501 e. The fourth-order valence-corrected chi connectivity index (χ4v) is 2.54. The first-order chi connectivity index (χ1) is 11.5. The van der Waals surface area contributed by atoms with E-state index in [1.807, 2.05) is 6.92 Å². The molecule has 1 atom stereocenters. The van der Waals surface area contributed by atoms with Gasteiger partial charge in [-0.2, -0.15) is 0 Å². The molecule has 2 N–H and O–H groups in total. The number of nitrogens with zero attached hydrogens (tertiary/aromatic N) is 2. The molecule has 24 heavy (non-hydrogen) atoms. The molecule has 2 aromatic heterocycles. The summed E-state index contributed by atoms with van der Waals surface area (Å²) in [5.41, 5.74) is -0.464. The van der Waals surface area contributed by atoms with Gasteiger partial charge in [0.2, 0.25) is 5.75 Å². The van der Waals surface area contributed by atoms with Crippen LogP contribution in [0.5, 0.6) is 5.75 Å². The number of rotatable bonds is 8. The molecule has 0 saturated heterocycles. The van der Waals surface area contributed by atoms with Crippen LogP contribution in [0.2, 0.25) is 0 Å². The third-order valence-electron chi connectivity index (χ3n) is 3.90. The highest BCUT2D eigenvalue weighted by Crippen LogP contribution is 2.20. The van der Waals surface area contributed by atoms with Crippen molar-refractivity contribution >= 4 is 5.78 Å². The molecule has 0 fully saturated rings. The fourth-order valence-electron chi connectivity index (χ4n) is 2.54. The Hall–Kier alpha value is -2.50. The number of carbonyl (C=O) groups excluding carboxylic acids is 1. The molecule has 2 aromatic rings. The number of hydrogen-bond acceptors (Lipinski definition) is 5. The molecule has 0 aliphatic heterocycles. The third kappa shape index (κ3) is 4.50. The number of pyridine rings is 1. The van der Waals surface area contributed by atoms with Gasteiger partial charge in [-0.1, -0.05) is 45.6 Å². The van der Waals surface area contributed by atoms with Gasteiger partial charge >= 0.3 is 0 Å². The van der Waals surface area contributed by atoms with E-state index in [0.717, 1.165) is 25.7 Å². The molecule has 0 aliphatic carbocycles. The average molecular weight is 329 g/mol. The van der Waals surface area contributed by atoms with E-state index < -0.39 is 11.3 Å². The minimum atomic E-state index is -0.729. The van der Waals surface area contributed by atoms with Gasteiger partial charge in [0.15, 0.2) is 17.3 Å². The maximum Gasteiger partial charge on any atom is 0.294 e. The monoisotopic (exact) mass is 329 g/mol. The molecule has 0 amide bonds. The van der Waals surface area contributed by atoms with E-state index in [2.05, 4.69) is 21.9 Å². The second-order valence-corrected chi connectivity index (χ2v) is 6.05. The lowest BCUT2D eigenvalue weighted by Crippen LogP contribution is -2.17. The predicted octanol–water partition coefficient (Wildman–Crippen LogP) is 3.33. The van der Waals surface area contributed by atoms with Crippen molar-refractivity contribution in [3.05, 3.63) is 40.4 Å². The van der Waals surface area contributed by atoms with Crippen LogP contribution in [0.15, 0.2) is 29.2 Å². The number of unbranched alkanes of at least 4 members (excludes halogenated alkanes) is 2. The number of carbonyl (C=O) groups is 1. The number of Topliss-reactive ketones (excluding diaryl/α,β-unsaturated/α-hetero) is 1. The highest BCUT2D eigenvalue weighted by atomic mass is 16.3. The Kier molecular flexibility index (Phi) is 6.23. The van der Waals surface area contributed by atoms with Gasteiger partial charge in [-0.15, -0.1) is 0 Å². The van der Waals surface area contributed by atoms with Crippen molar-refractivity contribution in [2.75, 3.05) is 0 Å². The zero-order chi connectivity index (χ0) is 17.5. The number of H-pyrrole nitrogens is 1. The van der Waals surface area contributed by atoms with Gasteiger partial charge < -0.3 is 10.1 Å². The molecule has 1 unspecified atom stereocenters. The van der Waals surface area contributed by atoms with Crippen LogP contribution in [0.4, 0.5) is 0 Å². The second kappa shape index (κ2) is 8.38. The van der Waals surface area contributed by atoms with Gasteiger partial charge in [0.1, 0.15) is 5.69 Å². The molecular weight excluding hydrogens is 306 g/mol. The maximum absolute atomic E-state index is 12.4.